The molecule has 24 heavy (non-hydrogen) atoms. The summed E-state index contributed by atoms with van der Waals surface area (Å²) >= 11 is 0. The highest BCUT2D eigenvalue weighted by Crippen LogP contribution is 2.21. The zero-order chi connectivity index (χ0) is 18.5. The first-order valence-electron chi connectivity index (χ1n) is 7.12. The molecule has 9 nitrogen and oxygen atoms in total. The monoisotopic (exact) mass is 361 g/mol. The molecule has 0 aliphatic carbocycles. The molecule has 1 aromatic carbocycles. The normalized spacial score (nSPS) is 14.2. The molecular weight excluding hydrogens is 342 g/mol. The number of esters is 1. The largest absolute Gasteiger partial charge is 0.464 e. The van der Waals surface area contributed by atoms with Crippen LogP contribution in [0.2, 0.25) is 0 Å². The van der Waals surface area contributed by atoms with Gasteiger partial charge in [-0.1, -0.05) is 13.8 Å². The van der Waals surface area contributed by atoms with E-state index in [-0.39, 0.29) is 17.2 Å². The second kappa shape index (κ2) is 8.18. The second-order valence-corrected chi connectivity index (χ2v) is 6.78. The molecule has 10 heteroatoms. The van der Waals surface area contributed by atoms with Gasteiger partial charge in [-0.3, -0.25) is 10.1 Å². The second-order valence-electron chi connectivity index (χ2n) is 5.21. The summed E-state index contributed by atoms with van der Waals surface area (Å²) in [4.78, 5) is 21.4. The number of nitro benzene ring substituents is 1. The van der Waals surface area contributed by atoms with Crippen molar-refractivity contribution in [3.8, 4) is 0 Å². The molecule has 0 bridgehead atoms. The van der Waals surface area contributed by atoms with Crippen LogP contribution >= 0.6 is 0 Å². The molecule has 134 valence electrons. The Kier molecular flexibility index (Phi) is 6.81. The molecule has 1 rings (SSSR count). The summed E-state index contributed by atoms with van der Waals surface area (Å²) in [6.45, 7) is 4.68. The molecule has 0 radical (unpaired) electrons. The van der Waals surface area contributed by atoms with Gasteiger partial charge in [-0.15, -0.1) is 0 Å². The Bertz CT molecular complexity index is 683. The predicted octanol–water partition coefficient (Wildman–Crippen LogP) is 1.25. The number of hydrogen-bond donors (Lipinski definition) is 1. The summed E-state index contributed by atoms with van der Waals surface area (Å²) < 4.78 is 34.1. The first-order chi connectivity index (χ1) is 11.1. The summed E-state index contributed by atoms with van der Waals surface area (Å²) in [7, 11) is -4.43. The lowest BCUT2D eigenvalue weighted by Gasteiger charge is -2.23. The summed E-state index contributed by atoms with van der Waals surface area (Å²) in [6, 6.07) is 3.96. The van der Waals surface area contributed by atoms with Crippen molar-refractivity contribution >= 4 is 21.8 Å². The molecule has 0 saturated heterocycles. The molecule has 1 N–H and O–H groups in total. The van der Waals surface area contributed by atoms with E-state index in [1.54, 1.807) is 13.8 Å². The van der Waals surface area contributed by atoms with Crippen LogP contribution < -0.4 is 0 Å². The van der Waals surface area contributed by atoms with Crippen LogP contribution in [-0.4, -0.2) is 43.2 Å². The van der Waals surface area contributed by atoms with Gasteiger partial charge in [-0.25, -0.2) is 8.98 Å². The summed E-state index contributed by atoms with van der Waals surface area (Å²) in [6.07, 6.45) is -3.14. The van der Waals surface area contributed by atoms with Gasteiger partial charge in [-0.2, -0.15) is 8.42 Å². The Morgan fingerprint density at radius 2 is 1.83 bits per heavy atom. The lowest BCUT2D eigenvalue weighted by Crippen LogP contribution is -2.42. The molecule has 0 unspecified atom stereocenters. The van der Waals surface area contributed by atoms with Crippen LogP contribution in [0.1, 0.15) is 20.8 Å². The van der Waals surface area contributed by atoms with E-state index in [0.29, 0.717) is 0 Å². The van der Waals surface area contributed by atoms with E-state index in [1.165, 1.54) is 6.92 Å². The van der Waals surface area contributed by atoms with E-state index in [1.807, 2.05) is 0 Å². The van der Waals surface area contributed by atoms with Crippen LogP contribution in [0, 0.1) is 16.0 Å². The molecule has 0 fully saturated rings. The molecule has 0 saturated carbocycles. The molecule has 1 aromatic rings. The fourth-order valence-corrected chi connectivity index (χ4v) is 2.78. The minimum Gasteiger partial charge on any atom is -0.464 e. The number of benzene rings is 1. The van der Waals surface area contributed by atoms with Gasteiger partial charge in [0, 0.05) is 12.1 Å². The number of aliphatic hydroxyl groups excluding tert-OH is 1. The molecule has 0 aromatic heterocycles. The van der Waals surface area contributed by atoms with Gasteiger partial charge < -0.3 is 9.84 Å². The standard InChI is InChI=1S/C14H19NO8S/c1-4-22-14(17)13(12(16)9(2)3)23-24(20,21)11-7-5-10(6-8-11)15(18)19/h5-9,12-13,16H,4H2,1-3H3/t12-,13+/m1/s1. The Labute approximate surface area is 139 Å². The Hall–Kier alpha value is -2.04. The topological polar surface area (TPSA) is 133 Å². The quantitative estimate of drug-likeness (QED) is 0.316. The lowest BCUT2D eigenvalue weighted by molar-refractivity contribution is -0.384. The Balaban J connectivity index is 3.10. The number of nitro groups is 1. The van der Waals surface area contributed by atoms with Crippen molar-refractivity contribution in [3.63, 3.8) is 0 Å². The first kappa shape index (κ1) is 20.0. The van der Waals surface area contributed by atoms with E-state index < -0.39 is 39.1 Å². The van der Waals surface area contributed by atoms with Gasteiger partial charge >= 0.3 is 5.97 Å². The van der Waals surface area contributed by atoms with Gasteiger partial charge in [0.2, 0.25) is 6.10 Å². The van der Waals surface area contributed by atoms with Crippen LogP contribution in [0.25, 0.3) is 0 Å². The number of hydrogen-bond acceptors (Lipinski definition) is 8. The maximum Gasteiger partial charge on any atom is 0.339 e. The third-order valence-electron chi connectivity index (χ3n) is 3.08. The Morgan fingerprint density at radius 3 is 2.25 bits per heavy atom. The summed E-state index contributed by atoms with van der Waals surface area (Å²) in [5, 5.41) is 20.6. The van der Waals surface area contributed by atoms with Crippen molar-refractivity contribution in [2.45, 2.75) is 37.9 Å². The maximum absolute atomic E-state index is 12.2. The molecule has 0 heterocycles. The fraction of sp³-hybridized carbons (Fsp3) is 0.500. The van der Waals surface area contributed by atoms with Gasteiger partial charge in [0.1, 0.15) is 0 Å². The van der Waals surface area contributed by atoms with E-state index in [2.05, 4.69) is 0 Å². The number of nitrogens with zero attached hydrogens (tertiary/aromatic N) is 1. The summed E-state index contributed by atoms with van der Waals surface area (Å²) in [5.41, 5.74) is -0.293. The number of carbonyl (C=O) groups excluding carboxylic acids is 1. The van der Waals surface area contributed by atoms with Crippen LogP contribution in [0.3, 0.4) is 0 Å². The van der Waals surface area contributed by atoms with Gasteiger partial charge in [0.25, 0.3) is 15.8 Å². The van der Waals surface area contributed by atoms with Crippen LogP contribution in [-0.2, 0) is 23.8 Å². The fourth-order valence-electron chi connectivity index (χ4n) is 1.74. The van der Waals surface area contributed by atoms with E-state index in [0.717, 1.165) is 24.3 Å². The van der Waals surface area contributed by atoms with Crippen LogP contribution in [0.4, 0.5) is 5.69 Å². The highest BCUT2D eigenvalue weighted by molar-refractivity contribution is 7.86. The number of rotatable bonds is 8. The molecule has 0 amide bonds. The zero-order valence-electron chi connectivity index (χ0n) is 13.4. The molecule has 0 aliphatic heterocycles. The molecule has 2 atom stereocenters. The van der Waals surface area contributed by atoms with Crippen molar-refractivity contribution in [2.75, 3.05) is 6.61 Å². The molecule has 0 spiro atoms. The number of carbonyl (C=O) groups is 1. The zero-order valence-corrected chi connectivity index (χ0v) is 14.2. The first-order valence-corrected chi connectivity index (χ1v) is 8.53. The number of aliphatic hydroxyl groups is 1. The maximum atomic E-state index is 12.2. The Morgan fingerprint density at radius 1 is 1.29 bits per heavy atom. The van der Waals surface area contributed by atoms with Crippen molar-refractivity contribution in [1.82, 2.24) is 0 Å². The van der Waals surface area contributed by atoms with Crippen molar-refractivity contribution in [1.29, 1.82) is 0 Å². The highest BCUT2D eigenvalue weighted by atomic mass is 32.2. The molecule has 0 aliphatic rings. The highest BCUT2D eigenvalue weighted by Gasteiger charge is 2.36. The number of ether oxygens (including phenoxy) is 1. The third kappa shape index (κ3) is 4.98. The number of non-ortho nitro benzene ring substituents is 1. The third-order valence-corrected chi connectivity index (χ3v) is 4.39. The van der Waals surface area contributed by atoms with Crippen molar-refractivity contribution in [2.24, 2.45) is 5.92 Å². The van der Waals surface area contributed by atoms with Crippen molar-refractivity contribution in [3.05, 3.63) is 34.4 Å². The molecular formula is C14H19NO8S. The van der Waals surface area contributed by atoms with E-state index in [4.69, 9.17) is 8.92 Å². The average Bonchev–Trinajstić information content (AvgIpc) is 2.52. The lowest BCUT2D eigenvalue weighted by atomic mass is 10.0. The van der Waals surface area contributed by atoms with Gasteiger partial charge in [-0.05, 0) is 25.0 Å². The van der Waals surface area contributed by atoms with Crippen LogP contribution in [0.5, 0.6) is 0 Å². The summed E-state index contributed by atoms with van der Waals surface area (Å²) in [5.74, 6) is -1.48. The minimum absolute atomic E-state index is 0.0128. The van der Waals surface area contributed by atoms with Crippen LogP contribution in [0.15, 0.2) is 29.2 Å². The SMILES string of the molecule is CCOC(=O)[C@@H](OS(=O)(=O)c1ccc([N+](=O)[O-])cc1)[C@H](O)C(C)C. The van der Waals surface area contributed by atoms with E-state index >= 15 is 0 Å². The van der Waals surface area contributed by atoms with Gasteiger partial charge in [0.15, 0.2) is 0 Å². The van der Waals surface area contributed by atoms with E-state index in [9.17, 15) is 28.4 Å². The minimum atomic E-state index is -4.43. The van der Waals surface area contributed by atoms with Crippen molar-refractivity contribution < 1.29 is 32.2 Å². The predicted molar refractivity (Wildman–Crippen MR) is 82.6 cm³/mol. The smallest absolute Gasteiger partial charge is 0.339 e. The average molecular weight is 361 g/mol. The van der Waals surface area contributed by atoms with Gasteiger partial charge in [0.05, 0.1) is 22.5 Å².